The maximum atomic E-state index is 5.06. The largest absolute Gasteiger partial charge is 0.472 e. The minimum absolute atomic E-state index is 0.572. The van der Waals surface area contributed by atoms with Gasteiger partial charge >= 0.3 is 0 Å². The standard InChI is InChI=1S/C11H19NOS/c1-3-5-12-11(9-14-2)7-10-4-6-13-8-10/h4,6,8,11-12H,3,5,7,9H2,1-2H3. The van der Waals surface area contributed by atoms with Crippen LogP contribution in [0.3, 0.4) is 0 Å². The second kappa shape index (κ2) is 6.96. The molecule has 0 saturated carbocycles. The number of thioether (sulfide) groups is 1. The molecule has 14 heavy (non-hydrogen) atoms. The number of furan rings is 1. The topological polar surface area (TPSA) is 25.2 Å². The van der Waals surface area contributed by atoms with Crippen LogP contribution >= 0.6 is 11.8 Å². The Bertz CT molecular complexity index is 223. The first-order chi connectivity index (χ1) is 6.86. The molecule has 0 bridgehead atoms. The van der Waals surface area contributed by atoms with Crippen LogP contribution in [0.25, 0.3) is 0 Å². The number of hydrogen-bond donors (Lipinski definition) is 1. The molecule has 1 aromatic rings. The molecule has 0 amide bonds. The van der Waals surface area contributed by atoms with Crippen molar-refractivity contribution in [2.24, 2.45) is 0 Å². The van der Waals surface area contributed by atoms with Crippen molar-refractivity contribution in [2.75, 3.05) is 18.6 Å². The summed E-state index contributed by atoms with van der Waals surface area (Å²) in [5.74, 6) is 1.16. The van der Waals surface area contributed by atoms with E-state index in [0.29, 0.717) is 6.04 Å². The molecule has 0 saturated heterocycles. The normalized spacial score (nSPS) is 13.0. The van der Waals surface area contributed by atoms with Crippen molar-refractivity contribution >= 4 is 11.8 Å². The van der Waals surface area contributed by atoms with Gasteiger partial charge < -0.3 is 9.73 Å². The Labute approximate surface area is 90.5 Å². The summed E-state index contributed by atoms with van der Waals surface area (Å²) in [6, 6.07) is 2.61. The summed E-state index contributed by atoms with van der Waals surface area (Å²) in [5, 5.41) is 3.55. The van der Waals surface area contributed by atoms with Crippen molar-refractivity contribution in [1.29, 1.82) is 0 Å². The predicted molar refractivity (Wildman–Crippen MR) is 62.9 cm³/mol. The Kier molecular flexibility index (Phi) is 5.80. The van der Waals surface area contributed by atoms with Crippen LogP contribution < -0.4 is 5.32 Å². The van der Waals surface area contributed by atoms with E-state index < -0.39 is 0 Å². The smallest absolute Gasteiger partial charge is 0.0935 e. The molecule has 0 spiro atoms. The van der Waals surface area contributed by atoms with Crippen LogP contribution in [0.4, 0.5) is 0 Å². The van der Waals surface area contributed by atoms with Gasteiger partial charge in [0.1, 0.15) is 0 Å². The third kappa shape index (κ3) is 4.20. The summed E-state index contributed by atoms with van der Waals surface area (Å²) in [4.78, 5) is 0. The summed E-state index contributed by atoms with van der Waals surface area (Å²) in [6.45, 7) is 3.30. The Morgan fingerprint density at radius 2 is 2.43 bits per heavy atom. The molecule has 3 heteroatoms. The fourth-order valence-electron chi connectivity index (χ4n) is 1.43. The third-order valence-corrected chi connectivity index (χ3v) is 2.85. The van der Waals surface area contributed by atoms with E-state index in [-0.39, 0.29) is 0 Å². The highest BCUT2D eigenvalue weighted by molar-refractivity contribution is 7.98. The van der Waals surface area contributed by atoms with Crippen LogP contribution in [0.15, 0.2) is 23.0 Å². The van der Waals surface area contributed by atoms with Gasteiger partial charge in [-0.1, -0.05) is 6.92 Å². The molecular formula is C11H19NOS. The lowest BCUT2D eigenvalue weighted by Gasteiger charge is -2.16. The van der Waals surface area contributed by atoms with Crippen molar-refractivity contribution in [3.8, 4) is 0 Å². The molecule has 1 heterocycles. The van der Waals surface area contributed by atoms with Crippen LogP contribution in [0.1, 0.15) is 18.9 Å². The molecule has 0 fully saturated rings. The molecule has 0 aliphatic carbocycles. The quantitative estimate of drug-likeness (QED) is 0.753. The SMILES string of the molecule is CCCNC(CSC)Cc1ccoc1. The van der Waals surface area contributed by atoms with Crippen molar-refractivity contribution in [2.45, 2.75) is 25.8 Å². The zero-order valence-corrected chi connectivity index (χ0v) is 9.77. The molecule has 2 nitrogen and oxygen atoms in total. The molecule has 1 aromatic heterocycles. The Balaban J connectivity index is 2.34. The van der Waals surface area contributed by atoms with E-state index in [4.69, 9.17) is 4.42 Å². The Morgan fingerprint density at radius 3 is 3.00 bits per heavy atom. The van der Waals surface area contributed by atoms with E-state index in [0.717, 1.165) is 18.7 Å². The second-order valence-corrected chi connectivity index (χ2v) is 4.35. The van der Waals surface area contributed by atoms with Gasteiger partial charge in [0.25, 0.3) is 0 Å². The van der Waals surface area contributed by atoms with Crippen molar-refractivity contribution in [3.05, 3.63) is 24.2 Å². The van der Waals surface area contributed by atoms with E-state index in [1.807, 2.05) is 24.1 Å². The molecule has 0 aliphatic heterocycles. The summed E-state index contributed by atoms with van der Waals surface area (Å²) < 4.78 is 5.06. The number of hydrogen-bond acceptors (Lipinski definition) is 3. The van der Waals surface area contributed by atoms with Gasteiger partial charge in [-0.3, -0.25) is 0 Å². The van der Waals surface area contributed by atoms with Gasteiger partial charge in [0.05, 0.1) is 12.5 Å². The molecule has 0 aliphatic rings. The summed E-state index contributed by atoms with van der Waals surface area (Å²) in [7, 11) is 0. The fraction of sp³-hybridized carbons (Fsp3) is 0.636. The lowest BCUT2D eigenvalue weighted by atomic mass is 10.1. The Morgan fingerprint density at radius 1 is 1.57 bits per heavy atom. The summed E-state index contributed by atoms with van der Waals surface area (Å²) >= 11 is 1.89. The first-order valence-electron chi connectivity index (χ1n) is 5.10. The van der Waals surface area contributed by atoms with Crippen LogP contribution in [-0.2, 0) is 6.42 Å². The van der Waals surface area contributed by atoms with E-state index in [2.05, 4.69) is 18.5 Å². The predicted octanol–water partition coefficient (Wildman–Crippen LogP) is 2.55. The molecule has 1 N–H and O–H groups in total. The average Bonchev–Trinajstić information content (AvgIpc) is 2.67. The zero-order valence-electron chi connectivity index (χ0n) is 8.95. The molecule has 0 radical (unpaired) electrons. The second-order valence-electron chi connectivity index (χ2n) is 3.44. The first kappa shape index (κ1) is 11.7. The molecule has 0 aromatic carbocycles. The van der Waals surface area contributed by atoms with Crippen LogP contribution in [0, 0.1) is 0 Å². The Hall–Kier alpha value is -0.410. The number of rotatable bonds is 7. The highest BCUT2D eigenvalue weighted by Gasteiger charge is 2.08. The van der Waals surface area contributed by atoms with Crippen LogP contribution in [0.2, 0.25) is 0 Å². The molecule has 1 atom stereocenters. The van der Waals surface area contributed by atoms with E-state index in [1.165, 1.54) is 12.0 Å². The molecular weight excluding hydrogens is 194 g/mol. The highest BCUT2D eigenvalue weighted by atomic mass is 32.2. The maximum Gasteiger partial charge on any atom is 0.0935 e. The summed E-state index contributed by atoms with van der Waals surface area (Å²) in [6.07, 6.45) is 7.98. The first-order valence-corrected chi connectivity index (χ1v) is 6.49. The zero-order chi connectivity index (χ0) is 10.2. The summed E-state index contributed by atoms with van der Waals surface area (Å²) in [5.41, 5.74) is 1.28. The minimum Gasteiger partial charge on any atom is -0.472 e. The third-order valence-electron chi connectivity index (χ3n) is 2.11. The molecule has 1 unspecified atom stereocenters. The van der Waals surface area contributed by atoms with Gasteiger partial charge in [-0.2, -0.15) is 11.8 Å². The molecule has 1 rings (SSSR count). The van der Waals surface area contributed by atoms with Crippen LogP contribution in [0.5, 0.6) is 0 Å². The van der Waals surface area contributed by atoms with Crippen LogP contribution in [-0.4, -0.2) is 24.6 Å². The van der Waals surface area contributed by atoms with Gasteiger partial charge in [0.15, 0.2) is 0 Å². The monoisotopic (exact) mass is 213 g/mol. The average molecular weight is 213 g/mol. The molecule has 80 valence electrons. The lowest BCUT2D eigenvalue weighted by molar-refractivity contribution is 0.536. The van der Waals surface area contributed by atoms with Gasteiger partial charge in [-0.05, 0) is 37.3 Å². The highest BCUT2D eigenvalue weighted by Crippen LogP contribution is 2.07. The van der Waals surface area contributed by atoms with Crippen molar-refractivity contribution < 1.29 is 4.42 Å². The van der Waals surface area contributed by atoms with Gasteiger partial charge in [-0.25, -0.2) is 0 Å². The van der Waals surface area contributed by atoms with E-state index >= 15 is 0 Å². The van der Waals surface area contributed by atoms with Gasteiger partial charge in [-0.15, -0.1) is 0 Å². The maximum absolute atomic E-state index is 5.06. The number of nitrogens with one attached hydrogen (secondary N) is 1. The van der Waals surface area contributed by atoms with Crippen molar-refractivity contribution in [3.63, 3.8) is 0 Å². The van der Waals surface area contributed by atoms with E-state index in [9.17, 15) is 0 Å². The lowest BCUT2D eigenvalue weighted by Crippen LogP contribution is -2.33. The fourth-order valence-corrected chi connectivity index (χ4v) is 2.07. The minimum atomic E-state index is 0.572. The van der Waals surface area contributed by atoms with E-state index in [1.54, 1.807) is 6.26 Å². The van der Waals surface area contributed by atoms with Crippen molar-refractivity contribution in [1.82, 2.24) is 5.32 Å². The van der Waals surface area contributed by atoms with Gasteiger partial charge in [0, 0.05) is 11.8 Å². The van der Waals surface area contributed by atoms with Gasteiger partial charge in [0.2, 0.25) is 0 Å².